The van der Waals surface area contributed by atoms with E-state index < -0.39 is 6.04 Å². The fourth-order valence-corrected chi connectivity index (χ4v) is 3.42. The lowest BCUT2D eigenvalue weighted by Crippen LogP contribution is -2.24. The van der Waals surface area contributed by atoms with E-state index in [-0.39, 0.29) is 18.2 Å². The average Bonchev–Trinajstić information content (AvgIpc) is 3.12. The molecule has 2 heterocycles. The summed E-state index contributed by atoms with van der Waals surface area (Å²) in [7, 11) is 0. The van der Waals surface area contributed by atoms with E-state index in [9.17, 15) is 9.59 Å². The van der Waals surface area contributed by atoms with Crippen molar-refractivity contribution in [3.05, 3.63) is 65.9 Å². The third kappa shape index (κ3) is 3.10. The van der Waals surface area contributed by atoms with Gasteiger partial charge in [0.25, 0.3) is 5.91 Å². The van der Waals surface area contributed by atoms with Crippen LogP contribution in [0.2, 0.25) is 0 Å². The molecule has 0 bridgehead atoms. The van der Waals surface area contributed by atoms with E-state index in [4.69, 9.17) is 0 Å². The molecule has 27 heavy (non-hydrogen) atoms. The van der Waals surface area contributed by atoms with E-state index in [1.54, 1.807) is 4.68 Å². The van der Waals surface area contributed by atoms with E-state index in [1.807, 2.05) is 68.4 Å². The zero-order valence-electron chi connectivity index (χ0n) is 15.2. The first-order chi connectivity index (χ1) is 13.0. The number of fused-ring (bicyclic) bond motifs is 1. The molecule has 1 unspecified atom stereocenters. The number of aryl methyl sites for hydroxylation is 2. The number of nitrogens with one attached hydrogen (secondary N) is 2. The number of benzene rings is 2. The van der Waals surface area contributed by atoms with Gasteiger partial charge in [-0.25, -0.2) is 4.68 Å². The molecule has 4 rings (SSSR count). The van der Waals surface area contributed by atoms with Crippen LogP contribution in [-0.2, 0) is 9.59 Å². The molecular formula is C21H20N4O2. The molecule has 2 N–H and O–H groups in total. The molecule has 0 radical (unpaired) electrons. The van der Waals surface area contributed by atoms with Gasteiger partial charge >= 0.3 is 0 Å². The highest BCUT2D eigenvalue weighted by Gasteiger charge is 2.36. The van der Waals surface area contributed by atoms with Crippen molar-refractivity contribution in [2.24, 2.45) is 0 Å². The minimum Gasteiger partial charge on any atom is -0.326 e. The van der Waals surface area contributed by atoms with Crippen LogP contribution in [0.1, 0.15) is 23.7 Å². The molecule has 0 saturated heterocycles. The van der Waals surface area contributed by atoms with E-state index >= 15 is 0 Å². The Morgan fingerprint density at radius 1 is 1.11 bits per heavy atom. The molecule has 3 aromatic rings. The first-order valence-corrected chi connectivity index (χ1v) is 8.85. The molecule has 6 heteroatoms. The number of aromatic nitrogens is 2. The van der Waals surface area contributed by atoms with E-state index in [0.717, 1.165) is 28.1 Å². The lowest BCUT2D eigenvalue weighted by Gasteiger charge is -2.11. The smallest absolute Gasteiger partial charge is 0.251 e. The third-order valence-corrected chi connectivity index (χ3v) is 4.79. The Bertz CT molecular complexity index is 1020. The normalized spacial score (nSPS) is 15.3. The second-order valence-electron chi connectivity index (χ2n) is 6.69. The minimum atomic E-state index is -0.653. The molecule has 1 aromatic heterocycles. The van der Waals surface area contributed by atoms with Crippen LogP contribution in [0.3, 0.4) is 0 Å². The van der Waals surface area contributed by atoms with Crippen LogP contribution in [-0.4, -0.2) is 21.6 Å². The summed E-state index contributed by atoms with van der Waals surface area (Å²) in [6, 6.07) is 16.7. The lowest BCUT2D eigenvalue weighted by atomic mass is 10.1. The monoisotopic (exact) mass is 360 g/mol. The quantitative estimate of drug-likeness (QED) is 0.745. The summed E-state index contributed by atoms with van der Waals surface area (Å²) in [5.74, 6) is 0.221. The number of hydrogen-bond donors (Lipinski definition) is 2. The van der Waals surface area contributed by atoms with Crippen molar-refractivity contribution in [3.63, 3.8) is 0 Å². The Morgan fingerprint density at radius 2 is 1.81 bits per heavy atom. The van der Waals surface area contributed by atoms with Gasteiger partial charge in [0.15, 0.2) is 0 Å². The van der Waals surface area contributed by atoms with Crippen molar-refractivity contribution >= 4 is 23.3 Å². The number of carbonyl (C=O) groups excluding carboxylic acids is 2. The van der Waals surface area contributed by atoms with Crippen molar-refractivity contribution < 1.29 is 9.59 Å². The molecule has 0 aliphatic carbocycles. The summed E-state index contributed by atoms with van der Waals surface area (Å²) >= 11 is 0. The Labute approximate surface area is 157 Å². The summed E-state index contributed by atoms with van der Waals surface area (Å²) < 4.78 is 1.64. The highest BCUT2D eigenvalue weighted by Crippen LogP contribution is 2.38. The van der Waals surface area contributed by atoms with E-state index in [2.05, 4.69) is 15.7 Å². The largest absolute Gasteiger partial charge is 0.326 e. The van der Waals surface area contributed by atoms with E-state index in [0.29, 0.717) is 5.82 Å². The predicted octanol–water partition coefficient (Wildman–Crippen LogP) is 3.69. The van der Waals surface area contributed by atoms with Gasteiger partial charge in [-0.3, -0.25) is 9.59 Å². The third-order valence-electron chi connectivity index (χ3n) is 4.79. The van der Waals surface area contributed by atoms with Crippen LogP contribution in [0, 0.1) is 13.8 Å². The molecular weight excluding hydrogens is 340 g/mol. The molecule has 1 atom stereocenters. The fourth-order valence-electron chi connectivity index (χ4n) is 3.42. The van der Waals surface area contributed by atoms with Gasteiger partial charge in [0.05, 0.1) is 12.1 Å². The summed E-state index contributed by atoms with van der Waals surface area (Å²) in [4.78, 5) is 25.0. The van der Waals surface area contributed by atoms with Crippen molar-refractivity contribution in [1.29, 1.82) is 0 Å². The molecule has 2 aromatic carbocycles. The maximum atomic E-state index is 12.5. The molecule has 1 aliphatic heterocycles. The van der Waals surface area contributed by atoms with Gasteiger partial charge < -0.3 is 10.6 Å². The van der Waals surface area contributed by atoms with Gasteiger partial charge in [0.1, 0.15) is 11.9 Å². The molecule has 1 aliphatic rings. The molecule has 0 spiro atoms. The van der Waals surface area contributed by atoms with Gasteiger partial charge in [-0.15, -0.1) is 0 Å². The first-order valence-electron chi connectivity index (χ1n) is 8.85. The Balaban J connectivity index is 1.59. The maximum absolute atomic E-state index is 12.5. The number of anilines is 2. The van der Waals surface area contributed by atoms with Crippen LogP contribution >= 0.6 is 0 Å². The van der Waals surface area contributed by atoms with Crippen molar-refractivity contribution in [2.75, 3.05) is 10.6 Å². The van der Waals surface area contributed by atoms with Gasteiger partial charge in [0, 0.05) is 11.3 Å². The number of rotatable bonds is 4. The number of carbonyl (C=O) groups is 2. The molecule has 0 saturated carbocycles. The number of nitrogens with zero attached hydrogens (tertiary/aromatic N) is 2. The number of para-hydroxylation sites is 1. The van der Waals surface area contributed by atoms with Crippen LogP contribution in [0.25, 0.3) is 11.1 Å². The van der Waals surface area contributed by atoms with Crippen LogP contribution < -0.4 is 10.6 Å². The molecule has 0 fully saturated rings. The lowest BCUT2D eigenvalue weighted by molar-refractivity contribution is -0.123. The summed E-state index contributed by atoms with van der Waals surface area (Å²) in [5, 5.41) is 10.3. The zero-order chi connectivity index (χ0) is 19.0. The second-order valence-corrected chi connectivity index (χ2v) is 6.69. The summed E-state index contributed by atoms with van der Waals surface area (Å²) in [6.07, 6.45) is 0.0303. The molecule has 136 valence electrons. The van der Waals surface area contributed by atoms with Gasteiger partial charge in [-0.2, -0.15) is 5.10 Å². The summed E-state index contributed by atoms with van der Waals surface area (Å²) in [6.45, 7) is 3.84. The maximum Gasteiger partial charge on any atom is 0.251 e. The predicted molar refractivity (Wildman–Crippen MR) is 104 cm³/mol. The molecule has 2 amide bonds. The first kappa shape index (κ1) is 17.0. The highest BCUT2D eigenvalue weighted by atomic mass is 16.2. The average molecular weight is 360 g/mol. The van der Waals surface area contributed by atoms with Gasteiger partial charge in [0.2, 0.25) is 5.91 Å². The Hall–Kier alpha value is -3.41. The second kappa shape index (κ2) is 6.72. The topological polar surface area (TPSA) is 76.0 Å². The van der Waals surface area contributed by atoms with Crippen LogP contribution in [0.4, 0.5) is 11.5 Å². The van der Waals surface area contributed by atoms with Crippen molar-refractivity contribution in [1.82, 2.24) is 9.78 Å². The van der Waals surface area contributed by atoms with Crippen LogP contribution in [0.5, 0.6) is 0 Å². The minimum absolute atomic E-state index is 0.0303. The van der Waals surface area contributed by atoms with Gasteiger partial charge in [-0.05, 0) is 31.0 Å². The SMILES string of the molecule is Cc1ccccc1NC(=O)CC1C(=O)Nc2c(-c3ccccc3)c(C)nn21. The van der Waals surface area contributed by atoms with E-state index in [1.165, 1.54) is 0 Å². The standard InChI is InChI=1S/C21H20N4O2/c1-13-8-6-7-11-16(13)22-18(26)12-17-21(27)23-20-19(14(2)24-25(17)20)15-9-4-3-5-10-15/h3-11,17H,12H2,1-2H3,(H,22,26)(H,23,27). The highest BCUT2D eigenvalue weighted by molar-refractivity contribution is 6.04. The van der Waals surface area contributed by atoms with Gasteiger partial charge in [-0.1, -0.05) is 48.5 Å². The van der Waals surface area contributed by atoms with Crippen molar-refractivity contribution in [2.45, 2.75) is 26.3 Å². The van der Waals surface area contributed by atoms with Crippen LogP contribution in [0.15, 0.2) is 54.6 Å². The molecule has 6 nitrogen and oxygen atoms in total. The van der Waals surface area contributed by atoms with Crippen molar-refractivity contribution in [3.8, 4) is 11.1 Å². The number of amides is 2. The Kier molecular flexibility index (Phi) is 4.24. The zero-order valence-corrected chi connectivity index (χ0v) is 15.2. The fraction of sp³-hybridized carbons (Fsp3) is 0.190. The summed E-state index contributed by atoms with van der Waals surface area (Å²) in [5.41, 5.74) is 4.43. The number of hydrogen-bond acceptors (Lipinski definition) is 3. The Morgan fingerprint density at radius 3 is 2.56 bits per heavy atom.